The fourth-order valence-corrected chi connectivity index (χ4v) is 7.07. The zero-order valence-corrected chi connectivity index (χ0v) is 28.2. The standard InChI is InChI=1S/C38H42N2O6S/c1-5-45-34-24-27(14-19-33(34)43-3)20-22-39-23-21-38(2)37(42)40(31-13-9-12-30(25-31)36(41)44-4)35(47-38)29-15-17-32(18-16-29)46-26-28-10-7-6-8-11-28/h6-19,24-25,35,39H,5,20-23,26H2,1-4H3/t35-,38+/m0/s1. The summed E-state index contributed by atoms with van der Waals surface area (Å²) < 4.78 is 21.4. The van der Waals surface area contributed by atoms with Crippen molar-refractivity contribution < 1.29 is 28.5 Å². The summed E-state index contributed by atoms with van der Waals surface area (Å²) in [5, 5.41) is 3.24. The van der Waals surface area contributed by atoms with Gasteiger partial charge < -0.3 is 24.3 Å². The van der Waals surface area contributed by atoms with E-state index in [1.54, 1.807) is 37.1 Å². The highest BCUT2D eigenvalue weighted by Crippen LogP contribution is 2.52. The number of ether oxygens (including phenoxy) is 4. The highest BCUT2D eigenvalue weighted by molar-refractivity contribution is 8.02. The first kappa shape index (κ1) is 33.9. The quantitative estimate of drug-likeness (QED) is 0.106. The lowest BCUT2D eigenvalue weighted by molar-refractivity contribution is -0.120. The molecular formula is C38H42N2O6S. The van der Waals surface area contributed by atoms with Crippen LogP contribution in [0, 0.1) is 0 Å². The first-order valence-electron chi connectivity index (χ1n) is 15.8. The minimum Gasteiger partial charge on any atom is -0.493 e. The van der Waals surface area contributed by atoms with Gasteiger partial charge in [-0.05, 0) is 98.9 Å². The molecule has 9 heteroatoms. The molecule has 0 spiro atoms. The van der Waals surface area contributed by atoms with Gasteiger partial charge in [0.2, 0.25) is 5.91 Å². The van der Waals surface area contributed by atoms with Crippen LogP contribution in [0.15, 0.2) is 97.1 Å². The predicted molar refractivity (Wildman–Crippen MR) is 187 cm³/mol. The molecule has 1 N–H and O–H groups in total. The third kappa shape index (κ3) is 8.28. The number of esters is 1. The molecular weight excluding hydrogens is 612 g/mol. The van der Waals surface area contributed by atoms with Gasteiger partial charge in [-0.2, -0.15) is 0 Å². The summed E-state index contributed by atoms with van der Waals surface area (Å²) in [6.45, 7) is 6.42. The lowest BCUT2D eigenvalue weighted by Crippen LogP contribution is -2.39. The Hall–Kier alpha value is -4.47. The van der Waals surface area contributed by atoms with E-state index in [0.717, 1.165) is 46.9 Å². The van der Waals surface area contributed by atoms with Gasteiger partial charge in [-0.15, -0.1) is 11.8 Å². The number of benzene rings is 4. The fourth-order valence-electron chi connectivity index (χ4n) is 5.55. The summed E-state index contributed by atoms with van der Waals surface area (Å²) in [4.78, 5) is 28.4. The van der Waals surface area contributed by atoms with Gasteiger partial charge in [0.15, 0.2) is 11.5 Å². The van der Waals surface area contributed by atoms with E-state index in [0.29, 0.717) is 37.4 Å². The highest BCUT2D eigenvalue weighted by Gasteiger charge is 2.50. The molecule has 0 radical (unpaired) electrons. The molecule has 4 aromatic rings. The predicted octanol–water partition coefficient (Wildman–Crippen LogP) is 7.22. The third-order valence-electron chi connectivity index (χ3n) is 8.13. The second-order valence-corrected chi connectivity index (χ2v) is 13.0. The monoisotopic (exact) mass is 654 g/mol. The molecule has 1 fully saturated rings. The largest absolute Gasteiger partial charge is 0.493 e. The zero-order valence-electron chi connectivity index (χ0n) is 27.4. The Morgan fingerprint density at radius 2 is 1.66 bits per heavy atom. The summed E-state index contributed by atoms with van der Waals surface area (Å²) in [6.07, 6.45) is 1.45. The molecule has 1 heterocycles. The number of amides is 1. The smallest absolute Gasteiger partial charge is 0.337 e. The number of rotatable bonds is 15. The van der Waals surface area contributed by atoms with Gasteiger partial charge in [-0.1, -0.05) is 54.6 Å². The Morgan fingerprint density at radius 1 is 0.872 bits per heavy atom. The normalized spacial score (nSPS) is 17.4. The van der Waals surface area contributed by atoms with Gasteiger partial charge in [0.25, 0.3) is 0 Å². The number of thioether (sulfide) groups is 1. The Kier molecular flexibility index (Phi) is 11.5. The van der Waals surface area contributed by atoms with E-state index < -0.39 is 10.7 Å². The number of hydrogen-bond donors (Lipinski definition) is 1. The average molecular weight is 655 g/mol. The number of methoxy groups -OCH3 is 2. The molecule has 5 rings (SSSR count). The van der Waals surface area contributed by atoms with E-state index in [2.05, 4.69) is 5.32 Å². The minimum atomic E-state index is -0.691. The van der Waals surface area contributed by atoms with Gasteiger partial charge in [0, 0.05) is 5.69 Å². The number of nitrogens with one attached hydrogen (secondary N) is 1. The van der Waals surface area contributed by atoms with E-state index in [4.69, 9.17) is 18.9 Å². The number of nitrogens with zero attached hydrogens (tertiary/aromatic N) is 1. The minimum absolute atomic E-state index is 0.00256. The first-order chi connectivity index (χ1) is 22.8. The molecule has 0 unspecified atom stereocenters. The average Bonchev–Trinajstić information content (AvgIpc) is 3.37. The molecule has 0 bridgehead atoms. The summed E-state index contributed by atoms with van der Waals surface area (Å²) in [6, 6.07) is 31.0. The number of carbonyl (C=O) groups is 2. The van der Waals surface area contributed by atoms with Crippen LogP contribution in [-0.2, 0) is 22.6 Å². The van der Waals surface area contributed by atoms with Gasteiger partial charge in [-0.3, -0.25) is 9.69 Å². The lowest BCUT2D eigenvalue weighted by atomic mass is 10.0. The molecule has 2 atom stereocenters. The van der Waals surface area contributed by atoms with Crippen LogP contribution in [0.5, 0.6) is 17.2 Å². The fraction of sp³-hybridized carbons (Fsp3) is 0.316. The van der Waals surface area contributed by atoms with Crippen LogP contribution in [0.3, 0.4) is 0 Å². The SMILES string of the molecule is CCOc1cc(CCNCC[C@@]2(C)S[C@@H](c3ccc(OCc4ccccc4)cc3)N(c3cccc(C(=O)OC)c3)C2=O)ccc1OC. The number of carbonyl (C=O) groups excluding carboxylic acids is 2. The van der Waals surface area contributed by atoms with Crippen molar-refractivity contribution in [1.82, 2.24) is 5.32 Å². The van der Waals surface area contributed by atoms with E-state index in [1.807, 2.05) is 97.6 Å². The van der Waals surface area contributed by atoms with Crippen LogP contribution in [-0.4, -0.2) is 50.5 Å². The topological polar surface area (TPSA) is 86.3 Å². The molecule has 1 saturated heterocycles. The lowest BCUT2D eigenvalue weighted by Gasteiger charge is -2.25. The summed E-state index contributed by atoms with van der Waals surface area (Å²) >= 11 is 1.63. The molecule has 0 aliphatic carbocycles. The van der Waals surface area contributed by atoms with Gasteiger partial charge in [0.1, 0.15) is 17.7 Å². The summed E-state index contributed by atoms with van der Waals surface area (Å²) in [5.41, 5.74) is 4.26. The number of anilines is 1. The van der Waals surface area contributed by atoms with Crippen LogP contribution >= 0.6 is 11.8 Å². The van der Waals surface area contributed by atoms with E-state index in [9.17, 15) is 9.59 Å². The van der Waals surface area contributed by atoms with Crippen molar-refractivity contribution in [3.05, 3.63) is 119 Å². The Labute approximate surface area is 281 Å². The van der Waals surface area contributed by atoms with Crippen LogP contribution in [0.1, 0.15) is 52.7 Å². The van der Waals surface area contributed by atoms with Gasteiger partial charge >= 0.3 is 5.97 Å². The molecule has 246 valence electrons. The molecule has 8 nitrogen and oxygen atoms in total. The van der Waals surface area contributed by atoms with Crippen LogP contribution in [0.25, 0.3) is 0 Å². The molecule has 1 aliphatic rings. The Balaban J connectivity index is 1.29. The Morgan fingerprint density at radius 3 is 2.38 bits per heavy atom. The first-order valence-corrected chi connectivity index (χ1v) is 16.7. The molecule has 47 heavy (non-hydrogen) atoms. The maximum Gasteiger partial charge on any atom is 0.337 e. The molecule has 1 amide bonds. The second kappa shape index (κ2) is 15.9. The summed E-state index contributed by atoms with van der Waals surface area (Å²) in [7, 11) is 2.99. The van der Waals surface area contributed by atoms with Crippen molar-refractivity contribution in [3.63, 3.8) is 0 Å². The van der Waals surface area contributed by atoms with Crippen molar-refractivity contribution in [3.8, 4) is 17.2 Å². The zero-order chi connectivity index (χ0) is 33.2. The van der Waals surface area contributed by atoms with E-state index in [1.165, 1.54) is 7.11 Å². The van der Waals surface area contributed by atoms with Gasteiger partial charge in [-0.25, -0.2) is 4.79 Å². The van der Waals surface area contributed by atoms with Crippen LogP contribution in [0.2, 0.25) is 0 Å². The maximum absolute atomic E-state index is 14.2. The third-order valence-corrected chi connectivity index (χ3v) is 9.74. The second-order valence-electron chi connectivity index (χ2n) is 11.4. The number of hydrogen-bond acceptors (Lipinski definition) is 8. The molecule has 4 aromatic carbocycles. The molecule has 0 saturated carbocycles. The van der Waals surface area contributed by atoms with Gasteiger partial charge in [0.05, 0.1) is 31.1 Å². The van der Waals surface area contributed by atoms with Crippen molar-refractivity contribution >= 4 is 29.3 Å². The summed E-state index contributed by atoms with van der Waals surface area (Å²) in [5.74, 6) is 1.77. The van der Waals surface area contributed by atoms with E-state index in [-0.39, 0.29) is 11.3 Å². The van der Waals surface area contributed by atoms with Crippen molar-refractivity contribution in [2.45, 2.75) is 43.4 Å². The molecule has 0 aromatic heterocycles. The van der Waals surface area contributed by atoms with Crippen molar-refractivity contribution in [2.75, 3.05) is 38.8 Å². The van der Waals surface area contributed by atoms with E-state index >= 15 is 0 Å². The van der Waals surface area contributed by atoms with Crippen LogP contribution < -0.4 is 24.4 Å². The maximum atomic E-state index is 14.2. The van der Waals surface area contributed by atoms with Crippen molar-refractivity contribution in [2.24, 2.45) is 0 Å². The highest BCUT2D eigenvalue weighted by atomic mass is 32.2. The molecule has 1 aliphatic heterocycles. The van der Waals surface area contributed by atoms with Crippen molar-refractivity contribution in [1.29, 1.82) is 0 Å². The Bertz CT molecular complexity index is 1650. The van der Waals surface area contributed by atoms with Crippen LogP contribution in [0.4, 0.5) is 5.69 Å².